The molecule has 6 nitrogen and oxygen atoms in total. The van der Waals surface area contributed by atoms with E-state index in [0.29, 0.717) is 48.5 Å². The molecule has 0 radical (unpaired) electrons. The number of halogens is 1. The van der Waals surface area contributed by atoms with Gasteiger partial charge in [-0.15, -0.1) is 11.3 Å². The van der Waals surface area contributed by atoms with E-state index < -0.39 is 0 Å². The average Bonchev–Trinajstić information content (AvgIpc) is 3.24. The van der Waals surface area contributed by atoms with Crippen LogP contribution in [0, 0.1) is 0 Å². The van der Waals surface area contributed by atoms with Gasteiger partial charge in [0.25, 0.3) is 5.91 Å². The molecule has 0 fully saturated rings. The topological polar surface area (TPSA) is 66.0 Å². The lowest BCUT2D eigenvalue weighted by Crippen LogP contribution is -2.16. The van der Waals surface area contributed by atoms with Crippen LogP contribution in [0.3, 0.4) is 0 Å². The normalized spacial score (nSPS) is 14.4. The van der Waals surface area contributed by atoms with Crippen LogP contribution in [-0.2, 0) is 0 Å². The molecule has 5 rings (SSSR count). The Morgan fingerprint density at radius 1 is 0.828 bits per heavy atom. The summed E-state index contributed by atoms with van der Waals surface area (Å²) in [5.74, 6) is 2.58. The molecule has 0 saturated carbocycles. The number of hydrogen-bond acceptors (Lipinski definition) is 6. The summed E-state index contributed by atoms with van der Waals surface area (Å²) in [6.45, 7) is 2.11. The van der Waals surface area contributed by atoms with Crippen LogP contribution in [0.5, 0.6) is 23.0 Å². The number of nitrogens with one attached hydrogen (secondary N) is 1. The van der Waals surface area contributed by atoms with Crippen molar-refractivity contribution in [1.29, 1.82) is 0 Å². The Kier molecular flexibility index (Phi) is 4.81. The Hall–Kier alpha value is -2.71. The Balaban J connectivity index is 1.36. The zero-order valence-electron chi connectivity index (χ0n) is 15.2. The molecule has 2 aliphatic heterocycles. The van der Waals surface area contributed by atoms with Gasteiger partial charge in [0.1, 0.15) is 26.4 Å². The summed E-state index contributed by atoms with van der Waals surface area (Å²) in [6.07, 6.45) is 0. The van der Waals surface area contributed by atoms with Gasteiger partial charge in [0, 0.05) is 21.5 Å². The van der Waals surface area contributed by atoms with E-state index in [1.165, 1.54) is 11.3 Å². The number of ether oxygens (including phenoxy) is 4. The lowest BCUT2D eigenvalue weighted by molar-refractivity contribution is 0.103. The second kappa shape index (κ2) is 7.61. The molecule has 0 bridgehead atoms. The monoisotopic (exact) mass is 473 g/mol. The highest BCUT2D eigenvalue weighted by Crippen LogP contribution is 2.39. The van der Waals surface area contributed by atoms with Crippen LogP contribution in [0.2, 0.25) is 0 Å². The third kappa shape index (κ3) is 3.65. The van der Waals surface area contributed by atoms with Gasteiger partial charge in [-0.05, 0) is 51.8 Å². The van der Waals surface area contributed by atoms with Gasteiger partial charge in [0.2, 0.25) is 0 Å². The number of benzene rings is 2. The maximum Gasteiger partial charge on any atom is 0.265 e. The Bertz CT molecular complexity index is 1100. The first-order valence-corrected chi connectivity index (χ1v) is 10.7. The van der Waals surface area contributed by atoms with Crippen molar-refractivity contribution in [3.05, 3.63) is 51.8 Å². The fraction of sp³-hybridized carbons (Fsp3) is 0.190. The second-order valence-corrected chi connectivity index (χ2v) is 8.39. The lowest BCUT2D eigenvalue weighted by atomic mass is 10.1. The molecular weight excluding hydrogens is 458 g/mol. The van der Waals surface area contributed by atoms with Crippen LogP contribution in [-0.4, -0.2) is 32.3 Å². The van der Waals surface area contributed by atoms with Crippen molar-refractivity contribution >= 4 is 38.9 Å². The van der Waals surface area contributed by atoms with Crippen molar-refractivity contribution in [3.8, 4) is 33.4 Å². The van der Waals surface area contributed by atoms with E-state index >= 15 is 0 Å². The number of fused-ring (bicyclic) bond motifs is 2. The van der Waals surface area contributed by atoms with E-state index in [9.17, 15) is 4.79 Å². The summed E-state index contributed by atoms with van der Waals surface area (Å²) in [4.78, 5) is 14.4. The maximum absolute atomic E-state index is 12.8. The molecule has 1 N–H and O–H groups in total. The third-order valence-electron chi connectivity index (χ3n) is 4.54. The third-order valence-corrected chi connectivity index (χ3v) is 6.33. The van der Waals surface area contributed by atoms with Gasteiger partial charge in [-0.3, -0.25) is 4.79 Å². The first-order chi connectivity index (χ1) is 14.2. The molecule has 0 unspecified atom stereocenters. The average molecular weight is 474 g/mol. The fourth-order valence-electron chi connectivity index (χ4n) is 3.16. The molecule has 2 aliphatic rings. The molecule has 0 atom stereocenters. The number of carbonyl (C=O) groups is 1. The summed E-state index contributed by atoms with van der Waals surface area (Å²) < 4.78 is 23.1. The van der Waals surface area contributed by atoms with Gasteiger partial charge in [-0.1, -0.05) is 0 Å². The first-order valence-electron chi connectivity index (χ1n) is 9.08. The van der Waals surface area contributed by atoms with Crippen LogP contribution in [0.4, 0.5) is 5.69 Å². The molecule has 1 aromatic heterocycles. The Morgan fingerprint density at radius 3 is 2.24 bits per heavy atom. The second-order valence-electron chi connectivity index (χ2n) is 6.45. The minimum absolute atomic E-state index is 0.184. The number of carbonyl (C=O) groups excluding carboxylic acids is 1. The standard InChI is InChI=1S/C21H16BrNO5S/c22-13-10-17-18(28-8-7-27-17)11-14(13)23-21(24)20-4-3-19(29-20)12-1-2-15-16(9-12)26-6-5-25-15/h1-4,9-11H,5-8H2,(H,23,24). The summed E-state index contributed by atoms with van der Waals surface area (Å²) in [7, 11) is 0. The molecule has 148 valence electrons. The Labute approximate surface area is 179 Å². The van der Waals surface area contributed by atoms with Crippen LogP contribution in [0.1, 0.15) is 9.67 Å². The molecule has 0 aliphatic carbocycles. The van der Waals surface area contributed by atoms with Crippen LogP contribution >= 0.6 is 27.3 Å². The summed E-state index contributed by atoms with van der Waals surface area (Å²) in [6, 6.07) is 13.1. The molecule has 0 spiro atoms. The van der Waals surface area contributed by atoms with E-state index in [-0.39, 0.29) is 5.91 Å². The van der Waals surface area contributed by atoms with Gasteiger partial charge >= 0.3 is 0 Å². The predicted octanol–water partition coefficient (Wildman–Crippen LogP) is 4.97. The van der Waals surface area contributed by atoms with Gasteiger partial charge in [0.15, 0.2) is 23.0 Å². The summed E-state index contributed by atoms with van der Waals surface area (Å²) in [5, 5.41) is 2.94. The van der Waals surface area contributed by atoms with Crippen molar-refractivity contribution in [2.45, 2.75) is 0 Å². The maximum atomic E-state index is 12.8. The smallest absolute Gasteiger partial charge is 0.265 e. The molecule has 2 aromatic carbocycles. The molecule has 29 heavy (non-hydrogen) atoms. The number of anilines is 1. The molecule has 8 heteroatoms. The van der Waals surface area contributed by atoms with Crippen LogP contribution in [0.25, 0.3) is 10.4 Å². The van der Waals surface area contributed by atoms with Gasteiger partial charge in [-0.25, -0.2) is 0 Å². The van der Waals surface area contributed by atoms with E-state index in [1.807, 2.05) is 30.3 Å². The first kappa shape index (κ1) is 18.3. The van der Waals surface area contributed by atoms with E-state index in [2.05, 4.69) is 21.2 Å². The predicted molar refractivity (Wildman–Crippen MR) is 114 cm³/mol. The number of thiophene rings is 1. The number of rotatable bonds is 3. The van der Waals surface area contributed by atoms with E-state index in [1.54, 1.807) is 12.1 Å². The molecular formula is C21H16BrNO5S. The van der Waals surface area contributed by atoms with Crippen molar-refractivity contribution in [3.63, 3.8) is 0 Å². The quantitative estimate of drug-likeness (QED) is 0.581. The Morgan fingerprint density at radius 2 is 1.48 bits per heavy atom. The van der Waals surface area contributed by atoms with Crippen molar-refractivity contribution < 1.29 is 23.7 Å². The zero-order chi connectivity index (χ0) is 19.8. The van der Waals surface area contributed by atoms with Gasteiger partial charge < -0.3 is 24.3 Å². The minimum Gasteiger partial charge on any atom is -0.486 e. The number of amides is 1. The fourth-order valence-corrected chi connectivity index (χ4v) is 4.47. The highest BCUT2D eigenvalue weighted by molar-refractivity contribution is 9.10. The van der Waals surface area contributed by atoms with Crippen molar-refractivity contribution in [2.24, 2.45) is 0 Å². The van der Waals surface area contributed by atoms with Crippen molar-refractivity contribution in [2.75, 3.05) is 31.7 Å². The highest BCUT2D eigenvalue weighted by atomic mass is 79.9. The highest BCUT2D eigenvalue weighted by Gasteiger charge is 2.18. The summed E-state index contributed by atoms with van der Waals surface area (Å²) in [5.41, 5.74) is 1.62. The zero-order valence-corrected chi connectivity index (χ0v) is 17.6. The van der Waals surface area contributed by atoms with E-state index in [4.69, 9.17) is 18.9 Å². The van der Waals surface area contributed by atoms with Gasteiger partial charge in [-0.2, -0.15) is 0 Å². The molecule has 3 heterocycles. The van der Waals surface area contributed by atoms with Crippen LogP contribution in [0.15, 0.2) is 46.9 Å². The van der Waals surface area contributed by atoms with Gasteiger partial charge in [0.05, 0.1) is 10.6 Å². The molecule has 0 saturated heterocycles. The lowest BCUT2D eigenvalue weighted by Gasteiger charge is -2.20. The largest absolute Gasteiger partial charge is 0.486 e. The number of hydrogen-bond donors (Lipinski definition) is 1. The van der Waals surface area contributed by atoms with Crippen LogP contribution < -0.4 is 24.3 Å². The van der Waals surface area contributed by atoms with Crippen molar-refractivity contribution in [1.82, 2.24) is 0 Å². The minimum atomic E-state index is -0.184. The molecule has 3 aromatic rings. The molecule has 1 amide bonds. The summed E-state index contributed by atoms with van der Waals surface area (Å²) >= 11 is 4.90. The van der Waals surface area contributed by atoms with E-state index in [0.717, 1.165) is 26.4 Å². The SMILES string of the molecule is O=C(Nc1cc2c(cc1Br)OCCO2)c1ccc(-c2ccc3c(c2)OCCO3)s1.